The second-order valence-electron chi connectivity index (χ2n) is 8.07. The Morgan fingerprint density at radius 1 is 1.28 bits per heavy atom. The number of hydrogen-bond acceptors (Lipinski definition) is 4. The maximum absolute atomic E-state index is 14.1. The van der Waals surface area contributed by atoms with Crippen LogP contribution in [0.4, 0.5) is 14.5 Å². The summed E-state index contributed by atoms with van der Waals surface area (Å²) in [6.45, 7) is 6.11. The number of halogens is 2. The smallest absolute Gasteiger partial charge is 0.191 e. The first-order chi connectivity index (χ1) is 13.9. The van der Waals surface area contributed by atoms with E-state index in [1.807, 2.05) is 6.92 Å². The summed E-state index contributed by atoms with van der Waals surface area (Å²) in [6, 6.07) is 4.09. The van der Waals surface area contributed by atoms with Crippen LogP contribution in [0.3, 0.4) is 0 Å². The molecule has 2 heterocycles. The summed E-state index contributed by atoms with van der Waals surface area (Å²) in [5, 5.41) is 6.76. The van der Waals surface area contributed by atoms with Gasteiger partial charge in [-0.15, -0.1) is 0 Å². The predicted molar refractivity (Wildman–Crippen MR) is 113 cm³/mol. The fourth-order valence-electron chi connectivity index (χ4n) is 4.11. The Morgan fingerprint density at radius 3 is 2.59 bits per heavy atom. The van der Waals surface area contributed by atoms with Crippen molar-refractivity contribution in [2.24, 2.45) is 4.99 Å². The lowest BCUT2D eigenvalue weighted by Gasteiger charge is -2.41. The highest BCUT2D eigenvalue weighted by molar-refractivity contribution is 5.80. The summed E-state index contributed by atoms with van der Waals surface area (Å²) in [5.74, 6) is -0.279. The summed E-state index contributed by atoms with van der Waals surface area (Å²) < 4.78 is 33.7. The molecule has 1 aromatic rings. The van der Waals surface area contributed by atoms with Gasteiger partial charge in [0.15, 0.2) is 5.96 Å². The van der Waals surface area contributed by atoms with Gasteiger partial charge in [0.05, 0.1) is 6.54 Å². The molecular formula is C21H33F2N5O. The van der Waals surface area contributed by atoms with E-state index in [4.69, 9.17) is 9.73 Å². The molecule has 6 nitrogen and oxygen atoms in total. The third-order valence-electron chi connectivity index (χ3n) is 6.03. The molecule has 29 heavy (non-hydrogen) atoms. The average molecular weight is 410 g/mol. The van der Waals surface area contributed by atoms with Crippen molar-refractivity contribution in [2.75, 3.05) is 58.4 Å². The minimum Gasteiger partial charge on any atom is -0.381 e. The molecule has 0 bridgehead atoms. The van der Waals surface area contributed by atoms with Crippen molar-refractivity contribution < 1.29 is 13.5 Å². The minimum absolute atomic E-state index is 0.00138. The second kappa shape index (κ2) is 9.71. The number of rotatable bonds is 6. The first-order valence-electron chi connectivity index (χ1n) is 10.4. The van der Waals surface area contributed by atoms with Crippen LogP contribution >= 0.6 is 0 Å². The Labute approximate surface area is 172 Å². The average Bonchev–Trinajstić information content (AvgIpc) is 3.15. The topological polar surface area (TPSA) is 52.1 Å². The highest BCUT2D eigenvalue weighted by Gasteiger charge is 2.35. The standard InChI is InChI=1S/C21H33F2N5O/c1-4-24-20(25-15-21(27(2)3)9-12-29-13-10-21)26-16-8-11-28(14-16)19-17(22)6-5-7-18(19)23/h5-7,16H,4,8-15H2,1-3H3,(H2,24,25,26). The Bertz CT molecular complexity index is 686. The van der Waals surface area contributed by atoms with Crippen molar-refractivity contribution in [3.8, 4) is 0 Å². The van der Waals surface area contributed by atoms with Gasteiger partial charge in [-0.1, -0.05) is 6.07 Å². The number of guanidine groups is 1. The van der Waals surface area contributed by atoms with Crippen LogP contribution < -0.4 is 15.5 Å². The molecule has 1 aromatic carbocycles. The number of aliphatic imine (C=N–C) groups is 1. The maximum atomic E-state index is 14.1. The molecule has 2 fully saturated rings. The number of benzene rings is 1. The van der Waals surface area contributed by atoms with Crippen molar-refractivity contribution in [3.63, 3.8) is 0 Å². The number of ether oxygens (including phenoxy) is 1. The third kappa shape index (κ3) is 5.17. The molecule has 8 heteroatoms. The number of nitrogens with one attached hydrogen (secondary N) is 2. The summed E-state index contributed by atoms with van der Waals surface area (Å²) in [6.07, 6.45) is 2.70. The van der Waals surface area contributed by atoms with Crippen LogP contribution in [0.2, 0.25) is 0 Å². The van der Waals surface area contributed by atoms with Crippen molar-refractivity contribution in [1.29, 1.82) is 0 Å². The fourth-order valence-corrected chi connectivity index (χ4v) is 4.11. The lowest BCUT2D eigenvalue weighted by Crippen LogP contribution is -2.52. The van der Waals surface area contributed by atoms with E-state index in [0.717, 1.165) is 45.0 Å². The Morgan fingerprint density at radius 2 is 1.97 bits per heavy atom. The van der Waals surface area contributed by atoms with Crippen molar-refractivity contribution in [3.05, 3.63) is 29.8 Å². The van der Waals surface area contributed by atoms with Gasteiger partial charge in [-0.2, -0.15) is 0 Å². The largest absolute Gasteiger partial charge is 0.381 e. The van der Waals surface area contributed by atoms with Gasteiger partial charge in [-0.05, 0) is 52.4 Å². The van der Waals surface area contributed by atoms with E-state index < -0.39 is 11.6 Å². The van der Waals surface area contributed by atoms with Gasteiger partial charge in [0.25, 0.3) is 0 Å². The molecule has 0 aliphatic carbocycles. The molecule has 0 saturated carbocycles. The van der Waals surface area contributed by atoms with Crippen LogP contribution in [0.15, 0.2) is 23.2 Å². The van der Waals surface area contributed by atoms with Gasteiger partial charge >= 0.3 is 0 Å². The summed E-state index contributed by atoms with van der Waals surface area (Å²) in [4.78, 5) is 8.88. The third-order valence-corrected chi connectivity index (χ3v) is 6.03. The first kappa shape index (κ1) is 21.8. The molecular weight excluding hydrogens is 376 g/mol. The van der Waals surface area contributed by atoms with E-state index in [0.29, 0.717) is 19.6 Å². The molecule has 1 atom stereocenters. The van der Waals surface area contributed by atoms with E-state index >= 15 is 0 Å². The quantitative estimate of drug-likeness (QED) is 0.557. The van der Waals surface area contributed by atoms with E-state index in [1.54, 1.807) is 4.90 Å². The molecule has 0 spiro atoms. The van der Waals surface area contributed by atoms with E-state index in [-0.39, 0.29) is 17.3 Å². The van der Waals surface area contributed by atoms with E-state index in [9.17, 15) is 8.78 Å². The van der Waals surface area contributed by atoms with Gasteiger partial charge in [0, 0.05) is 44.4 Å². The summed E-state index contributed by atoms with van der Waals surface area (Å²) in [5.41, 5.74) is 0.0611. The monoisotopic (exact) mass is 409 g/mol. The Hall–Kier alpha value is -1.93. The SMILES string of the molecule is CCNC(=NCC1(N(C)C)CCOCC1)NC1CCN(c2c(F)cccc2F)C1. The lowest BCUT2D eigenvalue weighted by atomic mass is 9.89. The van der Waals surface area contributed by atoms with Gasteiger partial charge in [-0.3, -0.25) is 4.99 Å². The molecule has 3 rings (SSSR count). The number of hydrogen-bond donors (Lipinski definition) is 2. The molecule has 2 aliphatic heterocycles. The molecule has 0 aromatic heterocycles. The van der Waals surface area contributed by atoms with Crippen LogP contribution in [0.25, 0.3) is 0 Å². The van der Waals surface area contributed by atoms with Crippen LogP contribution in [-0.2, 0) is 4.74 Å². The predicted octanol–water partition coefficient (Wildman–Crippen LogP) is 2.21. The number of para-hydroxylation sites is 1. The minimum atomic E-state index is -0.515. The van der Waals surface area contributed by atoms with Crippen LogP contribution in [0.5, 0.6) is 0 Å². The normalized spacial score (nSPS) is 22.2. The van der Waals surface area contributed by atoms with Gasteiger partial charge in [0.1, 0.15) is 17.3 Å². The van der Waals surface area contributed by atoms with Gasteiger partial charge in [-0.25, -0.2) is 8.78 Å². The molecule has 162 valence electrons. The fraction of sp³-hybridized carbons (Fsp3) is 0.667. The molecule has 0 amide bonds. The van der Waals surface area contributed by atoms with Crippen molar-refractivity contribution in [1.82, 2.24) is 15.5 Å². The zero-order valence-corrected chi connectivity index (χ0v) is 17.7. The maximum Gasteiger partial charge on any atom is 0.191 e. The van der Waals surface area contributed by atoms with Crippen molar-refractivity contribution >= 4 is 11.6 Å². The van der Waals surface area contributed by atoms with Crippen LogP contribution in [-0.4, -0.2) is 75.9 Å². The highest BCUT2D eigenvalue weighted by atomic mass is 19.1. The first-order valence-corrected chi connectivity index (χ1v) is 10.4. The Balaban J connectivity index is 1.65. The molecule has 2 saturated heterocycles. The number of likely N-dealkylation sites (N-methyl/N-ethyl adjacent to an activating group) is 1. The van der Waals surface area contributed by atoms with Gasteiger partial charge < -0.3 is 25.2 Å². The Kier molecular flexibility index (Phi) is 7.29. The van der Waals surface area contributed by atoms with Gasteiger partial charge in [0.2, 0.25) is 0 Å². The van der Waals surface area contributed by atoms with Crippen LogP contribution in [0.1, 0.15) is 26.2 Å². The summed E-state index contributed by atoms with van der Waals surface area (Å²) >= 11 is 0. The zero-order chi connectivity index (χ0) is 20.9. The summed E-state index contributed by atoms with van der Waals surface area (Å²) in [7, 11) is 4.19. The number of nitrogens with zero attached hydrogens (tertiary/aromatic N) is 3. The highest BCUT2D eigenvalue weighted by Crippen LogP contribution is 2.27. The van der Waals surface area contributed by atoms with E-state index in [2.05, 4.69) is 29.6 Å². The second-order valence-corrected chi connectivity index (χ2v) is 8.07. The zero-order valence-electron chi connectivity index (χ0n) is 17.7. The van der Waals surface area contributed by atoms with Crippen molar-refractivity contribution in [2.45, 2.75) is 37.8 Å². The van der Waals surface area contributed by atoms with E-state index in [1.165, 1.54) is 18.2 Å². The number of anilines is 1. The van der Waals surface area contributed by atoms with Crippen LogP contribution in [0, 0.1) is 11.6 Å². The molecule has 1 unspecified atom stereocenters. The molecule has 0 radical (unpaired) electrons. The lowest BCUT2D eigenvalue weighted by molar-refractivity contribution is -0.00255. The molecule has 2 N–H and O–H groups in total. The molecule has 2 aliphatic rings.